The Hall–Kier alpha value is -1.32. The van der Waals surface area contributed by atoms with Crippen LogP contribution in [0.2, 0.25) is 0 Å². The Balaban J connectivity index is 2.63. The number of hydrogen-bond donors (Lipinski definition) is 6. The molecule has 0 unspecified atom stereocenters. The summed E-state index contributed by atoms with van der Waals surface area (Å²) in [5, 5.41) is 17.2. The zero-order valence-corrected chi connectivity index (χ0v) is 14.0. The second-order valence-corrected chi connectivity index (χ2v) is 5.94. The van der Waals surface area contributed by atoms with Gasteiger partial charge >= 0.3 is 5.97 Å². The maximum absolute atomic E-state index is 12.3. The van der Waals surface area contributed by atoms with E-state index in [4.69, 9.17) is 10.8 Å². The Labute approximate surface area is 141 Å². The molecule has 0 bridgehead atoms. The molecule has 0 aliphatic carbocycles. The van der Waals surface area contributed by atoms with E-state index in [2.05, 4.69) is 28.6 Å². The number of carbonyl (C=O) groups is 3. The second-order valence-electron chi connectivity index (χ2n) is 5.58. The van der Waals surface area contributed by atoms with Gasteiger partial charge in [0.25, 0.3) is 0 Å². The van der Waals surface area contributed by atoms with Crippen LogP contribution in [0.4, 0.5) is 0 Å². The van der Waals surface area contributed by atoms with Crippen molar-refractivity contribution >= 4 is 30.4 Å². The van der Waals surface area contributed by atoms with Crippen LogP contribution in [0.5, 0.6) is 0 Å². The number of nitrogens with one attached hydrogen (secondary N) is 3. The molecule has 132 valence electrons. The highest BCUT2D eigenvalue weighted by atomic mass is 32.1. The fourth-order valence-corrected chi connectivity index (χ4v) is 2.65. The average Bonchev–Trinajstić information content (AvgIpc) is 3.05. The van der Waals surface area contributed by atoms with E-state index in [1.54, 1.807) is 0 Å². The molecule has 6 N–H and O–H groups in total. The number of rotatable bonds is 10. The summed E-state index contributed by atoms with van der Waals surface area (Å²) in [6.07, 6.45) is 3.47. The van der Waals surface area contributed by atoms with Crippen LogP contribution in [0, 0.1) is 0 Å². The summed E-state index contributed by atoms with van der Waals surface area (Å²) in [5.74, 6) is -1.91. The zero-order chi connectivity index (χ0) is 17.2. The standard InChI is InChI=1S/C14H26N4O4S/c15-6-2-1-4-10(13(20)18-11(8-23)14(21)22)17-12(19)9-5-3-7-16-9/h9-11,16,23H,1-8,15H2,(H,17,19)(H,18,20)(H,21,22)/t9-,10-,11-/m0/s1. The predicted octanol–water partition coefficient (Wildman–Crippen LogP) is -1.15. The Morgan fingerprint density at radius 1 is 1.26 bits per heavy atom. The first-order valence-corrected chi connectivity index (χ1v) is 8.50. The van der Waals surface area contributed by atoms with Gasteiger partial charge in [-0.3, -0.25) is 9.59 Å². The molecule has 0 spiro atoms. The Morgan fingerprint density at radius 2 is 2.00 bits per heavy atom. The van der Waals surface area contributed by atoms with E-state index in [1.807, 2.05) is 0 Å². The topological polar surface area (TPSA) is 134 Å². The van der Waals surface area contributed by atoms with Crippen molar-refractivity contribution in [2.24, 2.45) is 5.73 Å². The fraction of sp³-hybridized carbons (Fsp3) is 0.786. The Morgan fingerprint density at radius 3 is 2.52 bits per heavy atom. The lowest BCUT2D eigenvalue weighted by molar-refractivity contribution is -0.141. The minimum atomic E-state index is -1.15. The van der Waals surface area contributed by atoms with Gasteiger partial charge in [-0.15, -0.1) is 0 Å². The first-order valence-electron chi connectivity index (χ1n) is 7.87. The van der Waals surface area contributed by atoms with Gasteiger partial charge in [0.05, 0.1) is 6.04 Å². The highest BCUT2D eigenvalue weighted by Gasteiger charge is 2.29. The normalized spacial score (nSPS) is 19.8. The summed E-state index contributed by atoms with van der Waals surface area (Å²) in [5.41, 5.74) is 5.45. The average molecular weight is 346 g/mol. The van der Waals surface area contributed by atoms with Gasteiger partial charge in [-0.1, -0.05) is 0 Å². The van der Waals surface area contributed by atoms with Gasteiger partial charge in [0.15, 0.2) is 0 Å². The van der Waals surface area contributed by atoms with Gasteiger partial charge in [-0.05, 0) is 45.2 Å². The number of hydrogen-bond acceptors (Lipinski definition) is 6. The van der Waals surface area contributed by atoms with Crippen molar-refractivity contribution in [2.75, 3.05) is 18.8 Å². The molecule has 1 heterocycles. The van der Waals surface area contributed by atoms with E-state index in [1.165, 1.54) is 0 Å². The molecular formula is C14H26N4O4S. The lowest BCUT2D eigenvalue weighted by Crippen LogP contribution is -2.54. The van der Waals surface area contributed by atoms with E-state index in [9.17, 15) is 14.4 Å². The Kier molecular flexibility index (Phi) is 8.97. The minimum absolute atomic E-state index is 0.0191. The molecular weight excluding hydrogens is 320 g/mol. The van der Waals surface area contributed by atoms with E-state index in [0.717, 1.165) is 25.8 Å². The number of unbranched alkanes of at least 4 members (excludes halogenated alkanes) is 1. The van der Waals surface area contributed by atoms with Crippen LogP contribution in [0.1, 0.15) is 32.1 Å². The molecule has 1 aliphatic rings. The molecule has 0 aromatic carbocycles. The lowest BCUT2D eigenvalue weighted by atomic mass is 10.1. The lowest BCUT2D eigenvalue weighted by Gasteiger charge is -2.22. The van der Waals surface area contributed by atoms with Gasteiger partial charge < -0.3 is 26.8 Å². The first-order chi connectivity index (χ1) is 11.0. The second kappa shape index (κ2) is 10.5. The highest BCUT2D eigenvalue weighted by molar-refractivity contribution is 7.80. The summed E-state index contributed by atoms with van der Waals surface area (Å²) in [4.78, 5) is 35.5. The summed E-state index contributed by atoms with van der Waals surface area (Å²) in [6, 6.07) is -2.14. The number of nitrogens with two attached hydrogens (primary N) is 1. The van der Waals surface area contributed by atoms with Crippen LogP contribution in [-0.4, -0.2) is 59.9 Å². The summed E-state index contributed by atoms with van der Waals surface area (Å²) in [6.45, 7) is 1.28. The van der Waals surface area contributed by atoms with Gasteiger partial charge in [-0.2, -0.15) is 12.6 Å². The van der Waals surface area contributed by atoms with Crippen LogP contribution in [0.3, 0.4) is 0 Å². The molecule has 8 nitrogen and oxygen atoms in total. The number of thiol groups is 1. The quantitative estimate of drug-likeness (QED) is 0.219. The molecule has 9 heteroatoms. The maximum atomic E-state index is 12.3. The summed E-state index contributed by atoms with van der Waals surface area (Å²) < 4.78 is 0. The summed E-state index contributed by atoms with van der Waals surface area (Å²) in [7, 11) is 0. The molecule has 3 atom stereocenters. The van der Waals surface area contributed by atoms with E-state index < -0.39 is 24.0 Å². The number of aliphatic carboxylic acids is 1. The molecule has 1 saturated heterocycles. The summed E-state index contributed by atoms with van der Waals surface area (Å²) >= 11 is 3.92. The van der Waals surface area contributed by atoms with Crippen molar-refractivity contribution in [3.63, 3.8) is 0 Å². The smallest absolute Gasteiger partial charge is 0.327 e. The van der Waals surface area contributed by atoms with Gasteiger partial charge in [0, 0.05) is 5.75 Å². The number of carbonyl (C=O) groups excluding carboxylic acids is 2. The molecule has 0 radical (unpaired) electrons. The first kappa shape index (κ1) is 19.7. The largest absolute Gasteiger partial charge is 0.480 e. The molecule has 2 amide bonds. The van der Waals surface area contributed by atoms with Crippen LogP contribution >= 0.6 is 12.6 Å². The molecule has 1 aliphatic heterocycles. The monoisotopic (exact) mass is 346 g/mol. The van der Waals surface area contributed by atoms with Crippen LogP contribution in [0.15, 0.2) is 0 Å². The highest BCUT2D eigenvalue weighted by Crippen LogP contribution is 2.07. The van der Waals surface area contributed by atoms with E-state index >= 15 is 0 Å². The molecule has 0 saturated carbocycles. The van der Waals surface area contributed by atoms with Gasteiger partial charge in [0.2, 0.25) is 11.8 Å². The number of carboxylic acids is 1. The van der Waals surface area contributed by atoms with Crippen molar-refractivity contribution in [1.82, 2.24) is 16.0 Å². The minimum Gasteiger partial charge on any atom is -0.480 e. The maximum Gasteiger partial charge on any atom is 0.327 e. The van der Waals surface area contributed by atoms with Crippen LogP contribution < -0.4 is 21.7 Å². The van der Waals surface area contributed by atoms with Crippen molar-refractivity contribution in [1.29, 1.82) is 0 Å². The Bertz CT molecular complexity index is 416. The van der Waals surface area contributed by atoms with Crippen molar-refractivity contribution in [3.8, 4) is 0 Å². The van der Waals surface area contributed by atoms with Crippen LogP contribution in [-0.2, 0) is 14.4 Å². The molecule has 23 heavy (non-hydrogen) atoms. The fourth-order valence-electron chi connectivity index (χ4n) is 2.40. The molecule has 0 aromatic heterocycles. The van der Waals surface area contributed by atoms with E-state index in [-0.39, 0.29) is 17.7 Å². The van der Waals surface area contributed by atoms with Crippen molar-refractivity contribution in [2.45, 2.75) is 50.2 Å². The van der Waals surface area contributed by atoms with Crippen molar-refractivity contribution < 1.29 is 19.5 Å². The number of carboxylic acid groups (broad SMARTS) is 1. The SMILES string of the molecule is NCCCC[C@H](NC(=O)[C@@H]1CCCN1)C(=O)N[C@@H](CS)C(=O)O. The zero-order valence-electron chi connectivity index (χ0n) is 13.1. The molecule has 1 rings (SSSR count). The van der Waals surface area contributed by atoms with Gasteiger partial charge in [0.1, 0.15) is 12.1 Å². The third-order valence-electron chi connectivity index (χ3n) is 3.75. The van der Waals surface area contributed by atoms with Crippen LogP contribution in [0.25, 0.3) is 0 Å². The third-order valence-corrected chi connectivity index (χ3v) is 4.12. The molecule has 0 aromatic rings. The van der Waals surface area contributed by atoms with E-state index in [0.29, 0.717) is 19.4 Å². The number of amides is 2. The third kappa shape index (κ3) is 6.76. The predicted molar refractivity (Wildman–Crippen MR) is 89.3 cm³/mol. The van der Waals surface area contributed by atoms with Crippen molar-refractivity contribution in [3.05, 3.63) is 0 Å². The van der Waals surface area contributed by atoms with Gasteiger partial charge in [-0.25, -0.2) is 4.79 Å². The molecule has 1 fully saturated rings.